The van der Waals surface area contributed by atoms with Crippen LogP contribution in [0.15, 0.2) is 35.9 Å². The highest BCUT2D eigenvalue weighted by Crippen LogP contribution is 2.67. The molecule has 34 heavy (non-hydrogen) atoms. The molecule has 0 aromatic heterocycles. The number of fused-ring (bicyclic) bond motifs is 5. The third-order valence-electron chi connectivity index (χ3n) is 10.5. The smallest absolute Gasteiger partial charge is 0.169 e. The van der Waals surface area contributed by atoms with E-state index in [1.54, 1.807) is 14.0 Å². The lowest BCUT2D eigenvalue weighted by Gasteiger charge is -2.59. The second kappa shape index (κ2) is 8.18. The zero-order valence-corrected chi connectivity index (χ0v) is 21.1. The zero-order chi connectivity index (χ0) is 24.4. The first kappa shape index (κ1) is 24.0. The summed E-state index contributed by atoms with van der Waals surface area (Å²) in [5.74, 6) is 1.01. The highest BCUT2D eigenvalue weighted by Gasteiger charge is 2.65. The van der Waals surface area contributed by atoms with Crippen molar-refractivity contribution in [2.75, 3.05) is 7.11 Å². The van der Waals surface area contributed by atoms with Gasteiger partial charge in [-0.1, -0.05) is 37.6 Å². The largest absolute Gasteiger partial charge is 0.497 e. The van der Waals surface area contributed by atoms with Gasteiger partial charge in [0.05, 0.1) is 13.7 Å². The van der Waals surface area contributed by atoms with Crippen LogP contribution in [0.1, 0.15) is 77.7 Å². The Kier molecular flexibility index (Phi) is 5.78. The molecule has 7 unspecified atom stereocenters. The second-order valence-electron chi connectivity index (χ2n) is 11.9. The normalized spacial score (nSPS) is 43.4. The Hall–Kier alpha value is -1.69. The molecule has 0 aliphatic heterocycles. The fourth-order valence-corrected chi connectivity index (χ4v) is 8.27. The average molecular weight is 469 g/mol. The summed E-state index contributed by atoms with van der Waals surface area (Å²) in [5.41, 5.74) is 0.914. The lowest BCUT2D eigenvalue weighted by molar-refractivity contribution is -0.232. The molecule has 5 nitrogen and oxygen atoms in total. The topological polar surface area (TPSA) is 76.0 Å². The average Bonchev–Trinajstić information content (AvgIpc) is 3.11. The van der Waals surface area contributed by atoms with Gasteiger partial charge < -0.3 is 19.7 Å². The van der Waals surface area contributed by atoms with Crippen molar-refractivity contribution in [3.8, 4) is 5.75 Å². The first-order chi connectivity index (χ1) is 16.0. The molecule has 5 heteroatoms. The third kappa shape index (κ3) is 3.50. The van der Waals surface area contributed by atoms with Gasteiger partial charge in [-0.25, -0.2) is 0 Å². The number of hydrogen-bond donors (Lipinski definition) is 2. The Bertz CT molecular complexity index is 985. The molecule has 186 valence electrons. The van der Waals surface area contributed by atoms with E-state index < -0.39 is 11.4 Å². The maximum absolute atomic E-state index is 12.4. The van der Waals surface area contributed by atoms with E-state index in [-0.39, 0.29) is 16.6 Å². The minimum absolute atomic E-state index is 0.0525. The molecule has 3 fully saturated rings. The summed E-state index contributed by atoms with van der Waals surface area (Å²) in [5, 5.41) is 22.7. The van der Waals surface area contributed by atoms with Crippen molar-refractivity contribution in [2.24, 2.45) is 28.6 Å². The maximum atomic E-state index is 12.4. The monoisotopic (exact) mass is 468 g/mol. The van der Waals surface area contributed by atoms with E-state index >= 15 is 0 Å². The molecule has 0 heterocycles. The SMILES string of the molecule is COc1ccc(COC2(O)CCC3(C)C(=CCC4C3CCC3(C)C4CCC3(O)C(C)=O)C2)cc1. The Morgan fingerprint density at radius 2 is 1.74 bits per heavy atom. The minimum atomic E-state index is -1.17. The van der Waals surface area contributed by atoms with Gasteiger partial charge in [-0.2, -0.15) is 0 Å². The Balaban J connectivity index is 1.32. The Morgan fingerprint density at radius 3 is 2.41 bits per heavy atom. The molecule has 5 rings (SSSR count). The lowest BCUT2D eigenvalue weighted by Crippen LogP contribution is -2.57. The standard InChI is InChI=1S/C29H40O5/c1-19(30)29(32)14-12-25-23-10-7-21-17-28(31,34-18-20-5-8-22(33-4)9-6-20)16-15-26(21,2)24(23)11-13-27(25,29)3/h5-9,23-25,31-32H,10-18H2,1-4H3. The van der Waals surface area contributed by atoms with Crippen LogP contribution in [-0.2, 0) is 16.1 Å². The van der Waals surface area contributed by atoms with E-state index in [0.29, 0.717) is 43.6 Å². The van der Waals surface area contributed by atoms with Crippen molar-refractivity contribution < 1.29 is 24.5 Å². The van der Waals surface area contributed by atoms with Crippen LogP contribution >= 0.6 is 0 Å². The number of Topliss-reactive ketones (excluding diaryl/α,β-unsaturated/α-hetero) is 1. The van der Waals surface area contributed by atoms with E-state index in [9.17, 15) is 15.0 Å². The summed E-state index contributed by atoms with van der Waals surface area (Å²) in [4.78, 5) is 12.4. The van der Waals surface area contributed by atoms with Gasteiger partial charge in [0.1, 0.15) is 11.4 Å². The zero-order valence-electron chi connectivity index (χ0n) is 21.1. The maximum Gasteiger partial charge on any atom is 0.169 e. The van der Waals surface area contributed by atoms with Crippen molar-refractivity contribution in [1.82, 2.24) is 0 Å². The van der Waals surface area contributed by atoms with E-state index in [0.717, 1.165) is 43.4 Å². The highest BCUT2D eigenvalue weighted by atomic mass is 16.6. The first-order valence-corrected chi connectivity index (χ1v) is 13.0. The Labute approximate surface area is 203 Å². The summed E-state index contributed by atoms with van der Waals surface area (Å²) in [7, 11) is 1.65. The van der Waals surface area contributed by atoms with Crippen molar-refractivity contribution in [1.29, 1.82) is 0 Å². The van der Waals surface area contributed by atoms with E-state index in [1.807, 2.05) is 24.3 Å². The number of aliphatic hydroxyl groups is 2. The lowest BCUT2D eigenvalue weighted by atomic mass is 9.46. The van der Waals surface area contributed by atoms with Crippen LogP contribution in [0.2, 0.25) is 0 Å². The Morgan fingerprint density at radius 1 is 1.03 bits per heavy atom. The molecule has 4 aliphatic rings. The fourth-order valence-electron chi connectivity index (χ4n) is 8.27. The molecule has 0 saturated heterocycles. The van der Waals surface area contributed by atoms with Crippen molar-refractivity contribution in [3.63, 3.8) is 0 Å². The van der Waals surface area contributed by atoms with Gasteiger partial charge in [0.15, 0.2) is 11.6 Å². The van der Waals surface area contributed by atoms with Gasteiger partial charge >= 0.3 is 0 Å². The minimum Gasteiger partial charge on any atom is -0.497 e. The summed E-state index contributed by atoms with van der Waals surface area (Å²) >= 11 is 0. The van der Waals surface area contributed by atoms with Crippen LogP contribution in [0.25, 0.3) is 0 Å². The number of benzene rings is 1. The molecule has 3 saturated carbocycles. The van der Waals surface area contributed by atoms with Gasteiger partial charge in [-0.05, 0) is 86.3 Å². The predicted octanol–water partition coefficient (Wildman–Crippen LogP) is 5.18. The molecule has 0 spiro atoms. The molecule has 0 bridgehead atoms. The molecular weight excluding hydrogens is 428 g/mol. The molecular formula is C29H40O5. The van der Waals surface area contributed by atoms with Gasteiger partial charge in [0.2, 0.25) is 0 Å². The van der Waals surface area contributed by atoms with Gasteiger partial charge in [0.25, 0.3) is 0 Å². The number of rotatable bonds is 5. The van der Waals surface area contributed by atoms with Crippen LogP contribution in [-0.4, -0.2) is 34.5 Å². The van der Waals surface area contributed by atoms with E-state index in [1.165, 1.54) is 5.57 Å². The highest BCUT2D eigenvalue weighted by molar-refractivity contribution is 5.86. The number of methoxy groups -OCH3 is 1. The fraction of sp³-hybridized carbons (Fsp3) is 0.690. The predicted molar refractivity (Wildman–Crippen MR) is 130 cm³/mol. The number of hydrogen-bond acceptors (Lipinski definition) is 5. The molecule has 1 aromatic carbocycles. The summed E-state index contributed by atoms with van der Waals surface area (Å²) in [6, 6.07) is 7.78. The van der Waals surface area contributed by atoms with Crippen LogP contribution in [0, 0.1) is 28.6 Å². The van der Waals surface area contributed by atoms with Crippen molar-refractivity contribution in [3.05, 3.63) is 41.5 Å². The van der Waals surface area contributed by atoms with Crippen LogP contribution in [0.3, 0.4) is 0 Å². The molecule has 0 radical (unpaired) electrons. The van der Waals surface area contributed by atoms with Gasteiger partial charge in [-0.3, -0.25) is 4.79 Å². The molecule has 1 aromatic rings. The van der Waals surface area contributed by atoms with Crippen LogP contribution in [0.5, 0.6) is 5.75 Å². The molecule has 7 atom stereocenters. The first-order valence-electron chi connectivity index (χ1n) is 13.0. The van der Waals surface area contributed by atoms with Crippen LogP contribution in [0.4, 0.5) is 0 Å². The quantitative estimate of drug-likeness (QED) is 0.460. The number of ether oxygens (including phenoxy) is 2. The van der Waals surface area contributed by atoms with Crippen LogP contribution < -0.4 is 4.74 Å². The molecule has 0 amide bonds. The van der Waals surface area contributed by atoms with E-state index in [4.69, 9.17) is 9.47 Å². The number of allylic oxidation sites excluding steroid dienone is 1. The second-order valence-corrected chi connectivity index (χ2v) is 11.9. The van der Waals surface area contributed by atoms with Crippen molar-refractivity contribution >= 4 is 5.78 Å². The summed E-state index contributed by atoms with van der Waals surface area (Å²) in [6.07, 6.45) is 8.88. The third-order valence-corrected chi connectivity index (χ3v) is 10.5. The number of ketones is 1. The molecule has 4 aliphatic carbocycles. The van der Waals surface area contributed by atoms with Crippen molar-refractivity contribution in [2.45, 2.75) is 90.1 Å². The summed E-state index contributed by atoms with van der Waals surface area (Å²) < 4.78 is 11.3. The van der Waals surface area contributed by atoms with E-state index in [2.05, 4.69) is 19.9 Å². The molecule has 2 N–H and O–H groups in total. The summed E-state index contributed by atoms with van der Waals surface area (Å²) in [6.45, 7) is 6.48. The van der Waals surface area contributed by atoms with Gasteiger partial charge in [0, 0.05) is 18.3 Å². The van der Waals surface area contributed by atoms with Gasteiger partial charge in [-0.15, -0.1) is 0 Å². The number of carbonyl (C=O) groups is 1. The number of carbonyl (C=O) groups excluding carboxylic acids is 1.